The number of benzene rings is 2. The molecule has 1 heterocycles. The molecule has 1 amide bonds. The third-order valence-electron chi connectivity index (χ3n) is 4.50. The summed E-state index contributed by atoms with van der Waals surface area (Å²) in [6.45, 7) is 5.89. The molecule has 0 unspecified atom stereocenters. The van der Waals surface area contributed by atoms with Crippen LogP contribution in [0.2, 0.25) is 0 Å². The minimum absolute atomic E-state index is 0.0842. The third-order valence-corrected chi connectivity index (χ3v) is 4.50. The van der Waals surface area contributed by atoms with E-state index in [1.165, 1.54) is 17.7 Å². The van der Waals surface area contributed by atoms with E-state index in [9.17, 15) is 9.18 Å². The average Bonchev–Trinajstić information content (AvgIpc) is 2.91. The van der Waals surface area contributed by atoms with Gasteiger partial charge in [-0.25, -0.2) is 9.07 Å². The lowest BCUT2D eigenvalue weighted by Crippen LogP contribution is -2.15. The quantitative estimate of drug-likeness (QED) is 0.742. The molecule has 134 valence electrons. The van der Waals surface area contributed by atoms with Crippen LogP contribution in [-0.2, 0) is 17.6 Å². The molecule has 0 atom stereocenters. The largest absolute Gasteiger partial charge is 0.326 e. The second-order valence-electron chi connectivity index (χ2n) is 6.31. The molecule has 4 nitrogen and oxygen atoms in total. The number of nitrogens with zero attached hydrogens (tertiary/aromatic N) is 2. The van der Waals surface area contributed by atoms with Crippen molar-refractivity contribution in [2.45, 2.75) is 33.6 Å². The standard InChI is InChI=1S/C21H22FN3O/c1-4-16-5-9-18(10-6-16)23-21(26)13-20-14(2)24-25(15(20)3)19-11-7-17(22)8-12-19/h5-12H,4,13H2,1-3H3,(H,23,26). The number of amides is 1. The summed E-state index contributed by atoms with van der Waals surface area (Å²) in [4.78, 5) is 12.4. The topological polar surface area (TPSA) is 46.9 Å². The first-order chi connectivity index (χ1) is 12.5. The summed E-state index contributed by atoms with van der Waals surface area (Å²) in [5.41, 5.74) is 5.35. The second kappa shape index (κ2) is 7.52. The monoisotopic (exact) mass is 351 g/mol. The number of hydrogen-bond donors (Lipinski definition) is 1. The van der Waals surface area contributed by atoms with Crippen LogP contribution in [0.25, 0.3) is 5.69 Å². The van der Waals surface area contributed by atoms with E-state index in [0.29, 0.717) is 0 Å². The average molecular weight is 351 g/mol. The van der Waals surface area contributed by atoms with Crippen LogP contribution >= 0.6 is 0 Å². The Balaban J connectivity index is 1.76. The lowest BCUT2D eigenvalue weighted by atomic mass is 10.1. The van der Waals surface area contributed by atoms with Gasteiger partial charge in [-0.1, -0.05) is 19.1 Å². The Kier molecular flexibility index (Phi) is 5.16. The Labute approximate surface area is 152 Å². The number of carbonyl (C=O) groups excluding carboxylic acids is 1. The van der Waals surface area contributed by atoms with E-state index in [2.05, 4.69) is 17.3 Å². The maximum atomic E-state index is 13.1. The number of rotatable bonds is 5. The first-order valence-electron chi connectivity index (χ1n) is 8.67. The first kappa shape index (κ1) is 17.9. The van der Waals surface area contributed by atoms with Crippen molar-refractivity contribution in [1.29, 1.82) is 0 Å². The van der Waals surface area contributed by atoms with Crippen LogP contribution in [0.15, 0.2) is 48.5 Å². The molecule has 0 spiro atoms. The molecule has 0 bridgehead atoms. The van der Waals surface area contributed by atoms with E-state index in [1.807, 2.05) is 38.1 Å². The van der Waals surface area contributed by atoms with Crippen molar-refractivity contribution in [3.8, 4) is 5.69 Å². The van der Waals surface area contributed by atoms with Crippen LogP contribution in [0.4, 0.5) is 10.1 Å². The van der Waals surface area contributed by atoms with Gasteiger partial charge in [-0.3, -0.25) is 4.79 Å². The number of halogens is 1. The molecule has 1 aromatic heterocycles. The Morgan fingerprint density at radius 1 is 1.08 bits per heavy atom. The molecule has 0 aliphatic carbocycles. The zero-order valence-electron chi connectivity index (χ0n) is 15.2. The van der Waals surface area contributed by atoms with Crippen molar-refractivity contribution >= 4 is 11.6 Å². The van der Waals surface area contributed by atoms with Gasteiger partial charge in [-0.2, -0.15) is 5.10 Å². The molecule has 0 fully saturated rings. The van der Waals surface area contributed by atoms with Gasteiger partial charge in [0.25, 0.3) is 0 Å². The van der Waals surface area contributed by atoms with Gasteiger partial charge in [0, 0.05) is 16.9 Å². The molecule has 3 rings (SSSR count). The van der Waals surface area contributed by atoms with Gasteiger partial charge >= 0.3 is 0 Å². The van der Waals surface area contributed by atoms with Crippen molar-refractivity contribution in [2.24, 2.45) is 0 Å². The van der Waals surface area contributed by atoms with Gasteiger partial charge in [0.1, 0.15) is 5.82 Å². The molecule has 2 aromatic carbocycles. The molecule has 3 aromatic rings. The third kappa shape index (κ3) is 3.82. The second-order valence-corrected chi connectivity index (χ2v) is 6.31. The molecular formula is C21H22FN3O. The lowest BCUT2D eigenvalue weighted by molar-refractivity contribution is -0.115. The van der Waals surface area contributed by atoms with Gasteiger partial charge in [-0.05, 0) is 62.2 Å². The molecule has 0 aliphatic heterocycles. The number of anilines is 1. The number of aromatic nitrogens is 2. The van der Waals surface area contributed by atoms with Crippen LogP contribution in [0.5, 0.6) is 0 Å². The molecule has 1 N–H and O–H groups in total. The zero-order chi connectivity index (χ0) is 18.7. The maximum Gasteiger partial charge on any atom is 0.228 e. The maximum absolute atomic E-state index is 13.1. The summed E-state index contributed by atoms with van der Waals surface area (Å²) in [5.74, 6) is -0.372. The normalized spacial score (nSPS) is 10.8. The van der Waals surface area contributed by atoms with E-state index in [0.717, 1.165) is 34.7 Å². The van der Waals surface area contributed by atoms with Crippen molar-refractivity contribution < 1.29 is 9.18 Å². The highest BCUT2D eigenvalue weighted by Crippen LogP contribution is 2.19. The predicted molar refractivity (Wildman–Crippen MR) is 101 cm³/mol. The van der Waals surface area contributed by atoms with Crippen LogP contribution < -0.4 is 5.32 Å². The number of hydrogen-bond acceptors (Lipinski definition) is 2. The zero-order valence-corrected chi connectivity index (χ0v) is 15.2. The summed E-state index contributed by atoms with van der Waals surface area (Å²) < 4.78 is 14.9. The van der Waals surface area contributed by atoms with Gasteiger partial charge in [-0.15, -0.1) is 0 Å². The number of aryl methyl sites for hydroxylation is 2. The van der Waals surface area contributed by atoms with Gasteiger partial charge in [0.05, 0.1) is 17.8 Å². The number of nitrogens with one attached hydrogen (secondary N) is 1. The highest BCUT2D eigenvalue weighted by atomic mass is 19.1. The summed E-state index contributed by atoms with van der Waals surface area (Å²) in [6.07, 6.45) is 1.21. The van der Waals surface area contributed by atoms with E-state index >= 15 is 0 Å². The lowest BCUT2D eigenvalue weighted by Gasteiger charge is -2.07. The fourth-order valence-corrected chi connectivity index (χ4v) is 2.95. The van der Waals surface area contributed by atoms with E-state index in [1.54, 1.807) is 16.8 Å². The fourth-order valence-electron chi connectivity index (χ4n) is 2.95. The van der Waals surface area contributed by atoms with E-state index in [4.69, 9.17) is 0 Å². The van der Waals surface area contributed by atoms with Gasteiger partial charge in [0.2, 0.25) is 5.91 Å². The van der Waals surface area contributed by atoms with Gasteiger partial charge < -0.3 is 5.32 Å². The fraction of sp³-hybridized carbons (Fsp3) is 0.238. The summed E-state index contributed by atoms with van der Waals surface area (Å²) in [5, 5.41) is 7.43. The smallest absolute Gasteiger partial charge is 0.228 e. The first-order valence-corrected chi connectivity index (χ1v) is 8.67. The van der Waals surface area contributed by atoms with Crippen LogP contribution in [0, 0.1) is 19.7 Å². The van der Waals surface area contributed by atoms with E-state index in [-0.39, 0.29) is 18.1 Å². The van der Waals surface area contributed by atoms with Crippen molar-refractivity contribution in [3.05, 3.63) is 76.9 Å². The molecule has 26 heavy (non-hydrogen) atoms. The Morgan fingerprint density at radius 3 is 2.35 bits per heavy atom. The molecular weight excluding hydrogens is 329 g/mol. The van der Waals surface area contributed by atoms with Crippen molar-refractivity contribution in [3.63, 3.8) is 0 Å². The van der Waals surface area contributed by atoms with Crippen LogP contribution in [-0.4, -0.2) is 15.7 Å². The highest BCUT2D eigenvalue weighted by molar-refractivity contribution is 5.92. The summed E-state index contributed by atoms with van der Waals surface area (Å²) in [7, 11) is 0. The number of carbonyl (C=O) groups is 1. The SMILES string of the molecule is CCc1ccc(NC(=O)Cc2c(C)nn(-c3ccc(F)cc3)c2C)cc1. The van der Waals surface area contributed by atoms with Crippen molar-refractivity contribution in [1.82, 2.24) is 9.78 Å². The van der Waals surface area contributed by atoms with Gasteiger partial charge in [0.15, 0.2) is 0 Å². The molecule has 0 radical (unpaired) electrons. The van der Waals surface area contributed by atoms with Crippen LogP contribution in [0.1, 0.15) is 29.4 Å². The molecule has 0 saturated heterocycles. The minimum atomic E-state index is -0.288. The summed E-state index contributed by atoms with van der Waals surface area (Å²) in [6, 6.07) is 14.0. The van der Waals surface area contributed by atoms with E-state index < -0.39 is 0 Å². The Hall–Kier alpha value is -2.95. The van der Waals surface area contributed by atoms with Crippen LogP contribution in [0.3, 0.4) is 0 Å². The molecule has 5 heteroatoms. The Bertz CT molecular complexity index is 912. The van der Waals surface area contributed by atoms with Crippen molar-refractivity contribution in [2.75, 3.05) is 5.32 Å². The predicted octanol–water partition coefficient (Wildman–Crippen LogP) is 4.37. The Morgan fingerprint density at radius 2 is 1.73 bits per heavy atom. The highest BCUT2D eigenvalue weighted by Gasteiger charge is 2.16. The molecule has 0 saturated carbocycles. The minimum Gasteiger partial charge on any atom is -0.326 e. The molecule has 0 aliphatic rings. The summed E-state index contributed by atoms with van der Waals surface area (Å²) >= 11 is 0.